The van der Waals surface area contributed by atoms with Crippen molar-refractivity contribution >= 4 is 40.7 Å². The van der Waals surface area contributed by atoms with Gasteiger partial charge in [-0.3, -0.25) is 9.59 Å². The molecule has 1 aliphatic heterocycles. The van der Waals surface area contributed by atoms with E-state index in [0.717, 1.165) is 0 Å². The highest BCUT2D eigenvalue weighted by atomic mass is 35.5. The maximum Gasteiger partial charge on any atom is 0.228 e. The van der Waals surface area contributed by atoms with Crippen molar-refractivity contribution in [2.45, 2.75) is 12.8 Å². The van der Waals surface area contributed by atoms with Gasteiger partial charge in [0.1, 0.15) is 0 Å². The molecule has 3 rings (SSSR count). The molecule has 0 saturated carbocycles. The van der Waals surface area contributed by atoms with Gasteiger partial charge in [0.05, 0.1) is 35.1 Å². The normalized spacial score (nSPS) is 23.4. The Morgan fingerprint density at radius 2 is 1.72 bits per heavy atom. The molecule has 1 N–H and O–H groups in total. The van der Waals surface area contributed by atoms with Gasteiger partial charge in [-0.2, -0.15) is 0 Å². The number of ether oxygens (including phenoxy) is 1. The van der Waals surface area contributed by atoms with E-state index in [0.29, 0.717) is 54.9 Å². The van der Waals surface area contributed by atoms with E-state index in [2.05, 4.69) is 5.32 Å². The number of morpholine rings is 1. The first-order valence-electron chi connectivity index (χ1n) is 8.33. The van der Waals surface area contributed by atoms with Gasteiger partial charge in [0.15, 0.2) is 0 Å². The highest BCUT2D eigenvalue weighted by Gasteiger charge is 2.36. The highest BCUT2D eigenvalue weighted by molar-refractivity contribution is 6.42. The third-order valence-electron chi connectivity index (χ3n) is 4.60. The largest absolute Gasteiger partial charge is 0.378 e. The fourth-order valence-electron chi connectivity index (χ4n) is 3.20. The predicted octanol–water partition coefficient (Wildman–Crippen LogP) is 3.37. The molecule has 1 heterocycles. The number of amides is 2. The fourth-order valence-corrected chi connectivity index (χ4v) is 3.50. The number of anilines is 1. The Morgan fingerprint density at radius 1 is 1.04 bits per heavy atom. The third-order valence-corrected chi connectivity index (χ3v) is 5.34. The number of hydrogen-bond donors (Lipinski definition) is 1. The van der Waals surface area contributed by atoms with Gasteiger partial charge in [-0.25, -0.2) is 0 Å². The van der Waals surface area contributed by atoms with Crippen LogP contribution in [-0.4, -0.2) is 43.0 Å². The van der Waals surface area contributed by atoms with Crippen LogP contribution in [-0.2, 0) is 14.3 Å². The molecule has 1 saturated heterocycles. The third kappa shape index (κ3) is 4.35. The topological polar surface area (TPSA) is 58.6 Å². The number of nitrogens with zero attached hydrogens (tertiary/aromatic N) is 1. The van der Waals surface area contributed by atoms with E-state index < -0.39 is 5.92 Å². The van der Waals surface area contributed by atoms with E-state index in [1.165, 1.54) is 0 Å². The van der Waals surface area contributed by atoms with E-state index in [-0.39, 0.29) is 17.7 Å². The summed E-state index contributed by atoms with van der Waals surface area (Å²) >= 11 is 11.9. The van der Waals surface area contributed by atoms with Gasteiger partial charge in [0, 0.05) is 18.8 Å². The molecule has 7 heteroatoms. The van der Waals surface area contributed by atoms with Gasteiger partial charge >= 0.3 is 0 Å². The van der Waals surface area contributed by atoms with Crippen LogP contribution in [0.3, 0.4) is 0 Å². The van der Waals surface area contributed by atoms with Crippen molar-refractivity contribution in [2.24, 2.45) is 11.8 Å². The van der Waals surface area contributed by atoms with Crippen LogP contribution in [0.4, 0.5) is 5.69 Å². The standard InChI is InChI=1S/C18H20Cl2N2O3/c19-15-6-5-12(11-16(15)20)21-17(23)13-3-1-2-4-14(13)18(24)22-7-9-25-10-8-22/h1-2,5-6,11,13-14H,3-4,7-10H2,(H,21,23). The Labute approximate surface area is 156 Å². The Balaban J connectivity index is 1.71. The van der Waals surface area contributed by atoms with E-state index >= 15 is 0 Å². The molecule has 1 aromatic carbocycles. The maximum atomic E-state index is 12.8. The molecule has 2 unspecified atom stereocenters. The molecule has 0 bridgehead atoms. The molecule has 134 valence electrons. The second-order valence-electron chi connectivity index (χ2n) is 6.21. The number of allylic oxidation sites excluding steroid dienone is 2. The Bertz CT molecular complexity index is 687. The van der Waals surface area contributed by atoms with Gasteiger partial charge in [0.2, 0.25) is 11.8 Å². The number of nitrogens with one attached hydrogen (secondary N) is 1. The lowest BCUT2D eigenvalue weighted by Gasteiger charge is -2.34. The monoisotopic (exact) mass is 382 g/mol. The van der Waals surface area contributed by atoms with Crippen molar-refractivity contribution in [2.75, 3.05) is 31.6 Å². The summed E-state index contributed by atoms with van der Waals surface area (Å²) in [6, 6.07) is 4.94. The van der Waals surface area contributed by atoms with Crippen LogP contribution < -0.4 is 5.32 Å². The quantitative estimate of drug-likeness (QED) is 0.815. The molecule has 1 aromatic rings. The zero-order valence-corrected chi connectivity index (χ0v) is 15.2. The first-order valence-corrected chi connectivity index (χ1v) is 9.09. The first kappa shape index (κ1) is 18.2. The second kappa shape index (κ2) is 8.21. The van der Waals surface area contributed by atoms with Crippen molar-refractivity contribution in [3.8, 4) is 0 Å². The molecule has 1 fully saturated rings. The van der Waals surface area contributed by atoms with E-state index in [1.807, 2.05) is 12.2 Å². The number of halogens is 2. The Kier molecular flexibility index (Phi) is 5.99. The number of hydrogen-bond acceptors (Lipinski definition) is 3. The maximum absolute atomic E-state index is 12.8. The Morgan fingerprint density at radius 3 is 2.40 bits per heavy atom. The van der Waals surface area contributed by atoms with E-state index in [1.54, 1.807) is 23.1 Å². The Hall–Kier alpha value is -1.56. The van der Waals surface area contributed by atoms with Crippen molar-refractivity contribution in [1.29, 1.82) is 0 Å². The van der Waals surface area contributed by atoms with Gasteiger partial charge in [0.25, 0.3) is 0 Å². The highest BCUT2D eigenvalue weighted by Crippen LogP contribution is 2.30. The molecule has 1 aliphatic carbocycles. The van der Waals surface area contributed by atoms with Gasteiger partial charge in [-0.1, -0.05) is 35.4 Å². The number of rotatable bonds is 3. The summed E-state index contributed by atoms with van der Waals surface area (Å²) in [7, 11) is 0. The van der Waals surface area contributed by atoms with Crippen LogP contribution in [0.2, 0.25) is 10.0 Å². The minimum absolute atomic E-state index is 0.0296. The summed E-state index contributed by atoms with van der Waals surface area (Å²) in [6.07, 6.45) is 5.07. The molecule has 2 atom stereocenters. The summed E-state index contributed by atoms with van der Waals surface area (Å²) in [5, 5.41) is 3.67. The van der Waals surface area contributed by atoms with Crippen LogP contribution >= 0.6 is 23.2 Å². The zero-order chi connectivity index (χ0) is 17.8. The molecule has 2 amide bonds. The number of carbonyl (C=O) groups is 2. The lowest BCUT2D eigenvalue weighted by atomic mass is 9.81. The molecule has 0 spiro atoms. The van der Waals surface area contributed by atoms with Crippen molar-refractivity contribution < 1.29 is 14.3 Å². The SMILES string of the molecule is O=C(Nc1ccc(Cl)c(Cl)c1)C1CC=CCC1C(=O)N1CCOCC1. The van der Waals surface area contributed by atoms with Crippen molar-refractivity contribution in [3.05, 3.63) is 40.4 Å². The summed E-state index contributed by atoms with van der Waals surface area (Å²) in [5.74, 6) is -0.878. The molecular weight excluding hydrogens is 363 g/mol. The lowest BCUT2D eigenvalue weighted by molar-refractivity contribution is -0.144. The van der Waals surface area contributed by atoms with Gasteiger partial charge in [-0.05, 0) is 31.0 Å². The molecule has 5 nitrogen and oxygen atoms in total. The van der Waals surface area contributed by atoms with Crippen LogP contribution in [0, 0.1) is 11.8 Å². The summed E-state index contributed by atoms with van der Waals surface area (Å²) in [5.41, 5.74) is 0.575. The van der Waals surface area contributed by atoms with E-state index in [4.69, 9.17) is 27.9 Å². The van der Waals surface area contributed by atoms with Crippen molar-refractivity contribution in [3.63, 3.8) is 0 Å². The average molecular weight is 383 g/mol. The first-order chi connectivity index (χ1) is 12.1. The van der Waals surface area contributed by atoms with Crippen LogP contribution in [0.1, 0.15) is 12.8 Å². The molecule has 0 radical (unpaired) electrons. The fraction of sp³-hybridized carbons (Fsp3) is 0.444. The zero-order valence-electron chi connectivity index (χ0n) is 13.7. The lowest BCUT2D eigenvalue weighted by Crippen LogP contribution is -2.47. The number of benzene rings is 1. The second-order valence-corrected chi connectivity index (χ2v) is 7.03. The van der Waals surface area contributed by atoms with Crippen molar-refractivity contribution in [1.82, 2.24) is 4.90 Å². The smallest absolute Gasteiger partial charge is 0.228 e. The van der Waals surface area contributed by atoms with Gasteiger partial charge in [-0.15, -0.1) is 0 Å². The summed E-state index contributed by atoms with van der Waals surface area (Å²) in [4.78, 5) is 27.4. The summed E-state index contributed by atoms with van der Waals surface area (Å²) < 4.78 is 5.30. The van der Waals surface area contributed by atoms with Crippen LogP contribution in [0.5, 0.6) is 0 Å². The number of carbonyl (C=O) groups excluding carboxylic acids is 2. The van der Waals surface area contributed by atoms with Crippen LogP contribution in [0.15, 0.2) is 30.4 Å². The average Bonchev–Trinajstić information content (AvgIpc) is 2.65. The van der Waals surface area contributed by atoms with Crippen LogP contribution in [0.25, 0.3) is 0 Å². The van der Waals surface area contributed by atoms with E-state index in [9.17, 15) is 9.59 Å². The molecular formula is C18H20Cl2N2O3. The molecule has 2 aliphatic rings. The molecule has 25 heavy (non-hydrogen) atoms. The minimum Gasteiger partial charge on any atom is -0.378 e. The van der Waals surface area contributed by atoms with Gasteiger partial charge < -0.3 is 15.0 Å². The summed E-state index contributed by atoms with van der Waals surface area (Å²) in [6.45, 7) is 2.27. The predicted molar refractivity (Wildman–Crippen MR) is 97.8 cm³/mol. The molecule has 0 aromatic heterocycles. The minimum atomic E-state index is -0.394.